The van der Waals surface area contributed by atoms with Crippen molar-refractivity contribution in [2.24, 2.45) is 5.92 Å². The molecular formula is C24H31NO3S. The van der Waals surface area contributed by atoms with Gasteiger partial charge in [0, 0.05) is 17.4 Å². The normalized spacial score (nSPS) is 14.6. The molecular weight excluding hydrogens is 382 g/mol. The number of benzene rings is 1. The van der Waals surface area contributed by atoms with Crippen LogP contribution in [-0.2, 0) is 9.53 Å². The topological polar surface area (TPSA) is 55.4 Å². The number of rotatable bonds is 7. The number of anilines is 1. The molecule has 0 atom stereocenters. The van der Waals surface area contributed by atoms with Crippen LogP contribution in [0.2, 0.25) is 0 Å². The summed E-state index contributed by atoms with van der Waals surface area (Å²) in [5.41, 5.74) is 4.57. The average Bonchev–Trinajstić information content (AvgIpc) is 3.10. The van der Waals surface area contributed by atoms with Gasteiger partial charge in [-0.25, -0.2) is 4.79 Å². The van der Waals surface area contributed by atoms with Crippen LogP contribution < -0.4 is 5.32 Å². The Hall–Kier alpha value is -2.14. The molecule has 0 aliphatic heterocycles. The van der Waals surface area contributed by atoms with Crippen molar-refractivity contribution in [3.05, 3.63) is 40.3 Å². The monoisotopic (exact) mass is 413 g/mol. The Morgan fingerprint density at radius 1 is 1.14 bits per heavy atom. The van der Waals surface area contributed by atoms with Crippen LogP contribution in [0.25, 0.3) is 11.1 Å². The van der Waals surface area contributed by atoms with E-state index in [0.29, 0.717) is 29.5 Å². The second-order valence-electron chi connectivity index (χ2n) is 7.98. The number of hydrogen-bond acceptors (Lipinski definition) is 4. The first-order valence-corrected chi connectivity index (χ1v) is 11.5. The summed E-state index contributed by atoms with van der Waals surface area (Å²) in [5, 5.41) is 5.52. The van der Waals surface area contributed by atoms with Crippen molar-refractivity contribution < 1.29 is 14.3 Å². The summed E-state index contributed by atoms with van der Waals surface area (Å²) in [4.78, 5) is 25.3. The molecule has 29 heavy (non-hydrogen) atoms. The number of nitrogens with one attached hydrogen (secondary N) is 1. The molecule has 2 aromatic rings. The summed E-state index contributed by atoms with van der Waals surface area (Å²) in [6, 6.07) is 6.17. The minimum atomic E-state index is -0.383. The zero-order valence-corrected chi connectivity index (χ0v) is 18.5. The number of carbonyl (C=O) groups is 2. The van der Waals surface area contributed by atoms with Gasteiger partial charge in [-0.2, -0.15) is 0 Å². The Morgan fingerprint density at radius 2 is 1.90 bits per heavy atom. The van der Waals surface area contributed by atoms with Crippen molar-refractivity contribution in [1.29, 1.82) is 0 Å². The van der Waals surface area contributed by atoms with Crippen molar-refractivity contribution in [2.75, 3.05) is 11.9 Å². The molecule has 1 aliphatic carbocycles. The maximum absolute atomic E-state index is 12.7. The second kappa shape index (κ2) is 10.1. The lowest BCUT2D eigenvalue weighted by Crippen LogP contribution is -2.16. The van der Waals surface area contributed by atoms with E-state index in [9.17, 15) is 9.59 Å². The van der Waals surface area contributed by atoms with Crippen molar-refractivity contribution in [2.45, 2.75) is 65.7 Å². The van der Waals surface area contributed by atoms with E-state index in [0.717, 1.165) is 23.1 Å². The number of thiophene rings is 1. The quantitative estimate of drug-likeness (QED) is 0.527. The molecule has 4 nitrogen and oxygen atoms in total. The fourth-order valence-corrected chi connectivity index (χ4v) is 5.13. The smallest absolute Gasteiger partial charge is 0.341 e. The van der Waals surface area contributed by atoms with Gasteiger partial charge in [0.05, 0.1) is 6.61 Å². The van der Waals surface area contributed by atoms with E-state index in [2.05, 4.69) is 18.3 Å². The maximum Gasteiger partial charge on any atom is 0.341 e. The van der Waals surface area contributed by atoms with Crippen LogP contribution in [0.3, 0.4) is 0 Å². The molecule has 0 unspecified atom stereocenters. The maximum atomic E-state index is 12.7. The first kappa shape index (κ1) is 21.6. The number of ether oxygens (including phenoxy) is 1. The minimum absolute atomic E-state index is 0.0184. The summed E-state index contributed by atoms with van der Waals surface area (Å²) in [6.07, 6.45) is 7.78. The SMILES string of the molecule is CCOC(=O)c1c(-c2ccc(C)cc2C)csc1NC(=O)CCC1CCCCC1. The highest BCUT2D eigenvalue weighted by Gasteiger charge is 2.24. The third-order valence-electron chi connectivity index (χ3n) is 5.70. The standard InChI is InChI=1S/C24H31NO3S/c1-4-28-24(27)22-20(19-12-10-16(2)14-17(19)3)15-29-23(22)25-21(26)13-11-18-8-6-5-7-9-18/h10,12,14-15,18H,4-9,11,13H2,1-3H3,(H,25,26). The molecule has 1 aromatic carbocycles. The molecule has 0 saturated heterocycles. The molecule has 1 N–H and O–H groups in total. The molecule has 3 rings (SSSR count). The molecule has 0 radical (unpaired) electrons. The first-order valence-electron chi connectivity index (χ1n) is 10.7. The van der Waals surface area contributed by atoms with Crippen LogP contribution >= 0.6 is 11.3 Å². The lowest BCUT2D eigenvalue weighted by molar-refractivity contribution is -0.116. The summed E-state index contributed by atoms with van der Waals surface area (Å²) in [6.45, 7) is 6.19. The Morgan fingerprint density at radius 3 is 2.59 bits per heavy atom. The minimum Gasteiger partial charge on any atom is -0.462 e. The van der Waals surface area contributed by atoms with Crippen LogP contribution in [0, 0.1) is 19.8 Å². The van der Waals surface area contributed by atoms with Crippen molar-refractivity contribution >= 4 is 28.2 Å². The molecule has 1 aromatic heterocycles. The predicted octanol–water partition coefficient (Wildman–Crippen LogP) is 6.51. The fraction of sp³-hybridized carbons (Fsp3) is 0.500. The Bertz CT molecular complexity index is 865. The van der Waals surface area contributed by atoms with E-state index >= 15 is 0 Å². The first-order chi connectivity index (χ1) is 14.0. The largest absolute Gasteiger partial charge is 0.462 e. The molecule has 1 saturated carbocycles. The van der Waals surface area contributed by atoms with Gasteiger partial charge in [0.1, 0.15) is 10.6 Å². The van der Waals surface area contributed by atoms with Crippen molar-refractivity contribution in [1.82, 2.24) is 0 Å². The zero-order valence-electron chi connectivity index (χ0n) is 17.7. The summed E-state index contributed by atoms with van der Waals surface area (Å²) in [7, 11) is 0. The van der Waals surface area contributed by atoms with Gasteiger partial charge in [-0.3, -0.25) is 4.79 Å². The van der Waals surface area contributed by atoms with Gasteiger partial charge in [0.2, 0.25) is 5.91 Å². The zero-order chi connectivity index (χ0) is 20.8. The predicted molar refractivity (Wildman–Crippen MR) is 120 cm³/mol. The average molecular weight is 414 g/mol. The molecule has 1 fully saturated rings. The fourth-order valence-electron chi connectivity index (χ4n) is 4.17. The third kappa shape index (κ3) is 5.47. The summed E-state index contributed by atoms with van der Waals surface area (Å²) in [5.74, 6) is 0.259. The van der Waals surface area contributed by atoms with E-state index in [1.54, 1.807) is 6.92 Å². The van der Waals surface area contributed by atoms with Gasteiger partial charge in [0.25, 0.3) is 0 Å². The Kier molecular flexibility index (Phi) is 7.48. The number of hydrogen-bond donors (Lipinski definition) is 1. The van der Waals surface area contributed by atoms with E-state index in [1.807, 2.05) is 24.4 Å². The van der Waals surface area contributed by atoms with Gasteiger partial charge in [0.15, 0.2) is 0 Å². The van der Waals surface area contributed by atoms with Gasteiger partial charge in [-0.1, -0.05) is 55.9 Å². The van der Waals surface area contributed by atoms with Gasteiger partial charge < -0.3 is 10.1 Å². The molecule has 1 aliphatic rings. The summed E-state index contributed by atoms with van der Waals surface area (Å²) >= 11 is 1.40. The van der Waals surface area contributed by atoms with Crippen molar-refractivity contribution in [3.63, 3.8) is 0 Å². The highest BCUT2D eigenvalue weighted by Crippen LogP contribution is 2.38. The molecule has 156 valence electrons. The third-order valence-corrected chi connectivity index (χ3v) is 6.60. The van der Waals surface area contributed by atoms with Gasteiger partial charge >= 0.3 is 5.97 Å². The van der Waals surface area contributed by atoms with Crippen LogP contribution in [0.4, 0.5) is 5.00 Å². The van der Waals surface area contributed by atoms with Crippen LogP contribution in [0.15, 0.2) is 23.6 Å². The van der Waals surface area contributed by atoms with E-state index in [-0.39, 0.29) is 11.9 Å². The van der Waals surface area contributed by atoms with Gasteiger partial charge in [-0.05, 0) is 44.2 Å². The van der Waals surface area contributed by atoms with Crippen molar-refractivity contribution in [3.8, 4) is 11.1 Å². The second-order valence-corrected chi connectivity index (χ2v) is 8.86. The number of esters is 1. The number of aryl methyl sites for hydroxylation is 2. The molecule has 1 amide bonds. The molecule has 0 spiro atoms. The highest BCUT2D eigenvalue weighted by molar-refractivity contribution is 7.15. The van der Waals surface area contributed by atoms with Gasteiger partial charge in [-0.15, -0.1) is 11.3 Å². The van der Waals surface area contributed by atoms with Crippen LogP contribution in [-0.4, -0.2) is 18.5 Å². The van der Waals surface area contributed by atoms with Crippen LogP contribution in [0.1, 0.15) is 73.4 Å². The number of carbonyl (C=O) groups excluding carboxylic acids is 2. The van der Waals surface area contributed by atoms with Crippen LogP contribution in [0.5, 0.6) is 0 Å². The lowest BCUT2D eigenvalue weighted by Gasteiger charge is -2.21. The van der Waals surface area contributed by atoms with E-state index < -0.39 is 0 Å². The lowest BCUT2D eigenvalue weighted by atomic mass is 9.86. The Labute approximate surface area is 177 Å². The number of amides is 1. The van der Waals surface area contributed by atoms with E-state index in [4.69, 9.17) is 4.74 Å². The highest BCUT2D eigenvalue weighted by atomic mass is 32.1. The molecule has 0 bridgehead atoms. The van der Waals surface area contributed by atoms with E-state index in [1.165, 1.54) is 49.0 Å². The molecule has 5 heteroatoms. The molecule has 1 heterocycles. The summed E-state index contributed by atoms with van der Waals surface area (Å²) < 4.78 is 5.31. The Balaban J connectivity index is 1.79.